The van der Waals surface area contributed by atoms with Crippen molar-refractivity contribution in [2.75, 3.05) is 0 Å². The number of amides is 1. The van der Waals surface area contributed by atoms with Crippen molar-refractivity contribution in [3.8, 4) is 0 Å². The predicted molar refractivity (Wildman–Crippen MR) is 59.4 cm³/mol. The lowest BCUT2D eigenvalue weighted by Gasteiger charge is -2.36. The Morgan fingerprint density at radius 1 is 1.62 bits per heavy atom. The second-order valence-corrected chi connectivity index (χ2v) is 4.29. The van der Waals surface area contributed by atoms with E-state index in [2.05, 4.69) is 15.3 Å². The molecule has 1 fully saturated rings. The number of aryl methyl sites for hydroxylation is 1. The van der Waals surface area contributed by atoms with Crippen LogP contribution in [0.2, 0.25) is 0 Å². The molecule has 16 heavy (non-hydrogen) atoms. The van der Waals surface area contributed by atoms with Gasteiger partial charge in [0.2, 0.25) is 5.91 Å². The van der Waals surface area contributed by atoms with Crippen molar-refractivity contribution in [3.05, 3.63) is 23.8 Å². The number of hydrogen-bond acceptors (Lipinski definition) is 4. The SMILES string of the molecule is Cc1nccc(CNC(=O)C2(N)CCC2)n1. The molecule has 0 radical (unpaired) electrons. The zero-order chi connectivity index (χ0) is 11.6. The van der Waals surface area contributed by atoms with Gasteiger partial charge in [0.1, 0.15) is 5.82 Å². The molecule has 1 heterocycles. The Morgan fingerprint density at radius 2 is 2.38 bits per heavy atom. The Labute approximate surface area is 94.5 Å². The highest BCUT2D eigenvalue weighted by atomic mass is 16.2. The highest BCUT2D eigenvalue weighted by Crippen LogP contribution is 2.28. The molecule has 1 aliphatic carbocycles. The summed E-state index contributed by atoms with van der Waals surface area (Å²) in [5.74, 6) is 0.632. The topological polar surface area (TPSA) is 80.9 Å². The van der Waals surface area contributed by atoms with E-state index in [-0.39, 0.29) is 5.91 Å². The Bertz CT molecular complexity index is 401. The number of carbonyl (C=O) groups excluding carboxylic acids is 1. The van der Waals surface area contributed by atoms with Gasteiger partial charge in [-0.2, -0.15) is 0 Å². The largest absolute Gasteiger partial charge is 0.349 e. The summed E-state index contributed by atoms with van der Waals surface area (Å²) in [6.45, 7) is 2.24. The molecule has 2 rings (SSSR count). The van der Waals surface area contributed by atoms with E-state index in [1.54, 1.807) is 12.3 Å². The van der Waals surface area contributed by atoms with E-state index in [1.165, 1.54) is 0 Å². The first-order valence-electron chi connectivity index (χ1n) is 5.46. The Morgan fingerprint density at radius 3 is 2.94 bits per heavy atom. The molecule has 0 saturated heterocycles. The van der Waals surface area contributed by atoms with E-state index in [0.717, 1.165) is 25.0 Å². The Balaban J connectivity index is 1.90. The highest BCUT2D eigenvalue weighted by Gasteiger charge is 2.39. The molecule has 0 spiro atoms. The van der Waals surface area contributed by atoms with Gasteiger partial charge in [-0.05, 0) is 32.3 Å². The molecule has 5 heteroatoms. The van der Waals surface area contributed by atoms with Crippen molar-refractivity contribution < 1.29 is 4.79 Å². The average Bonchev–Trinajstić information content (AvgIpc) is 2.22. The third kappa shape index (κ3) is 2.19. The summed E-state index contributed by atoms with van der Waals surface area (Å²) < 4.78 is 0. The van der Waals surface area contributed by atoms with Gasteiger partial charge >= 0.3 is 0 Å². The van der Waals surface area contributed by atoms with Crippen LogP contribution < -0.4 is 11.1 Å². The number of hydrogen-bond donors (Lipinski definition) is 2. The molecule has 1 aromatic rings. The van der Waals surface area contributed by atoms with Crippen molar-refractivity contribution in [1.29, 1.82) is 0 Å². The Hall–Kier alpha value is -1.49. The summed E-state index contributed by atoms with van der Waals surface area (Å²) in [5.41, 5.74) is 6.07. The predicted octanol–water partition coefficient (Wildman–Crippen LogP) is 0.283. The van der Waals surface area contributed by atoms with Crippen molar-refractivity contribution in [2.45, 2.75) is 38.3 Å². The van der Waals surface area contributed by atoms with Crippen LogP contribution in [0.4, 0.5) is 0 Å². The molecule has 0 bridgehead atoms. The van der Waals surface area contributed by atoms with E-state index in [9.17, 15) is 4.79 Å². The fraction of sp³-hybridized carbons (Fsp3) is 0.545. The molecule has 1 amide bonds. The number of nitrogens with two attached hydrogens (primary N) is 1. The minimum atomic E-state index is -0.637. The van der Waals surface area contributed by atoms with Gasteiger partial charge < -0.3 is 11.1 Å². The van der Waals surface area contributed by atoms with Crippen LogP contribution in [0, 0.1) is 6.92 Å². The average molecular weight is 220 g/mol. The van der Waals surface area contributed by atoms with Crippen LogP contribution in [-0.4, -0.2) is 21.4 Å². The fourth-order valence-electron chi connectivity index (χ4n) is 1.74. The smallest absolute Gasteiger partial charge is 0.240 e. The highest BCUT2D eigenvalue weighted by molar-refractivity contribution is 5.86. The molecule has 0 unspecified atom stereocenters. The first-order valence-corrected chi connectivity index (χ1v) is 5.46. The van der Waals surface area contributed by atoms with E-state index in [1.807, 2.05) is 6.92 Å². The monoisotopic (exact) mass is 220 g/mol. The number of rotatable bonds is 3. The number of nitrogens with zero attached hydrogens (tertiary/aromatic N) is 2. The molecule has 0 atom stereocenters. The van der Waals surface area contributed by atoms with Gasteiger partial charge in [0.05, 0.1) is 17.8 Å². The number of carbonyl (C=O) groups is 1. The van der Waals surface area contributed by atoms with Crippen LogP contribution in [-0.2, 0) is 11.3 Å². The summed E-state index contributed by atoms with van der Waals surface area (Å²) in [6, 6.07) is 1.79. The van der Waals surface area contributed by atoms with Crippen LogP contribution in [0.5, 0.6) is 0 Å². The molecule has 1 saturated carbocycles. The third-order valence-corrected chi connectivity index (χ3v) is 2.96. The minimum Gasteiger partial charge on any atom is -0.349 e. The van der Waals surface area contributed by atoms with Gasteiger partial charge in [0.15, 0.2) is 0 Å². The zero-order valence-corrected chi connectivity index (χ0v) is 9.36. The van der Waals surface area contributed by atoms with Crippen molar-refractivity contribution in [1.82, 2.24) is 15.3 Å². The summed E-state index contributed by atoms with van der Waals surface area (Å²) >= 11 is 0. The van der Waals surface area contributed by atoms with Crippen LogP contribution in [0.25, 0.3) is 0 Å². The van der Waals surface area contributed by atoms with E-state index < -0.39 is 5.54 Å². The summed E-state index contributed by atoms with van der Waals surface area (Å²) in [6.07, 6.45) is 4.28. The lowest BCUT2D eigenvalue weighted by molar-refractivity contribution is -0.129. The normalized spacial score (nSPS) is 17.6. The van der Waals surface area contributed by atoms with Crippen LogP contribution >= 0.6 is 0 Å². The van der Waals surface area contributed by atoms with Crippen LogP contribution in [0.1, 0.15) is 30.8 Å². The standard InChI is InChI=1S/C11H16N4O/c1-8-13-6-3-9(15-8)7-14-10(16)11(12)4-2-5-11/h3,6H,2,4-5,7,12H2,1H3,(H,14,16). The maximum Gasteiger partial charge on any atom is 0.240 e. The molecular formula is C11H16N4O. The third-order valence-electron chi connectivity index (χ3n) is 2.96. The lowest BCUT2D eigenvalue weighted by atomic mass is 9.77. The van der Waals surface area contributed by atoms with Crippen molar-refractivity contribution >= 4 is 5.91 Å². The molecule has 1 aromatic heterocycles. The molecular weight excluding hydrogens is 204 g/mol. The second kappa shape index (κ2) is 4.17. The van der Waals surface area contributed by atoms with Gasteiger partial charge in [-0.25, -0.2) is 9.97 Å². The molecule has 0 aliphatic heterocycles. The first-order chi connectivity index (χ1) is 7.60. The van der Waals surface area contributed by atoms with Gasteiger partial charge in [0, 0.05) is 6.20 Å². The van der Waals surface area contributed by atoms with E-state index >= 15 is 0 Å². The summed E-state index contributed by atoms with van der Waals surface area (Å²) in [4.78, 5) is 19.9. The maximum atomic E-state index is 11.7. The van der Waals surface area contributed by atoms with Gasteiger partial charge in [-0.3, -0.25) is 4.79 Å². The molecule has 0 aromatic carbocycles. The molecule has 86 valence electrons. The van der Waals surface area contributed by atoms with Crippen LogP contribution in [0.15, 0.2) is 12.3 Å². The summed E-state index contributed by atoms with van der Waals surface area (Å²) in [7, 11) is 0. The van der Waals surface area contributed by atoms with E-state index in [4.69, 9.17) is 5.73 Å². The maximum absolute atomic E-state index is 11.7. The van der Waals surface area contributed by atoms with Gasteiger partial charge in [0.25, 0.3) is 0 Å². The Kier molecular flexibility index (Phi) is 2.87. The van der Waals surface area contributed by atoms with Gasteiger partial charge in [-0.1, -0.05) is 0 Å². The number of nitrogens with one attached hydrogen (secondary N) is 1. The van der Waals surface area contributed by atoms with E-state index in [0.29, 0.717) is 12.4 Å². The van der Waals surface area contributed by atoms with Gasteiger partial charge in [-0.15, -0.1) is 0 Å². The molecule has 1 aliphatic rings. The van der Waals surface area contributed by atoms with Crippen molar-refractivity contribution in [2.24, 2.45) is 5.73 Å². The lowest BCUT2D eigenvalue weighted by Crippen LogP contribution is -2.58. The number of aromatic nitrogens is 2. The minimum absolute atomic E-state index is 0.0741. The molecule has 3 N–H and O–H groups in total. The first kappa shape index (κ1) is 11.0. The molecule has 5 nitrogen and oxygen atoms in total. The fourth-order valence-corrected chi connectivity index (χ4v) is 1.74. The second-order valence-electron chi connectivity index (χ2n) is 4.29. The van der Waals surface area contributed by atoms with Crippen molar-refractivity contribution in [3.63, 3.8) is 0 Å². The zero-order valence-electron chi connectivity index (χ0n) is 9.36. The summed E-state index contributed by atoms with van der Waals surface area (Å²) in [5, 5.41) is 2.81. The van der Waals surface area contributed by atoms with Crippen LogP contribution in [0.3, 0.4) is 0 Å². The quantitative estimate of drug-likeness (QED) is 0.766.